The van der Waals surface area contributed by atoms with Crippen molar-refractivity contribution in [3.05, 3.63) is 78.0 Å². The summed E-state index contributed by atoms with van der Waals surface area (Å²) in [5.41, 5.74) is 4.25. The Balaban J connectivity index is 1.58. The molecule has 8 nitrogen and oxygen atoms in total. The van der Waals surface area contributed by atoms with Gasteiger partial charge in [0.05, 0.1) is 17.4 Å². The summed E-state index contributed by atoms with van der Waals surface area (Å²) in [7, 11) is 3.48. The predicted octanol–water partition coefficient (Wildman–Crippen LogP) is 5.49. The molecule has 3 atom stereocenters. The van der Waals surface area contributed by atoms with Crippen LogP contribution in [0.5, 0.6) is 5.75 Å². The lowest BCUT2D eigenvalue weighted by Crippen LogP contribution is -2.46. The quantitative estimate of drug-likeness (QED) is 0.413. The molecule has 8 heteroatoms. The fraction of sp³-hybridized carbons (Fsp3) is 0.424. The number of rotatable bonds is 7. The van der Waals surface area contributed by atoms with E-state index in [4.69, 9.17) is 9.47 Å². The van der Waals surface area contributed by atoms with Crippen molar-refractivity contribution in [2.75, 3.05) is 39.2 Å². The maximum atomic E-state index is 13.6. The lowest BCUT2D eigenvalue weighted by atomic mass is 10.0. The second kappa shape index (κ2) is 14.2. The van der Waals surface area contributed by atoms with Gasteiger partial charge >= 0.3 is 0 Å². The van der Waals surface area contributed by atoms with E-state index in [9.17, 15) is 9.59 Å². The molecule has 2 heterocycles. The minimum absolute atomic E-state index is 0.0643. The molecular formula is C33H42N4O4. The molecule has 41 heavy (non-hydrogen) atoms. The van der Waals surface area contributed by atoms with Gasteiger partial charge in [0.15, 0.2) is 0 Å². The molecule has 0 spiro atoms. The monoisotopic (exact) mass is 558 g/mol. The molecule has 1 aliphatic rings. The van der Waals surface area contributed by atoms with Gasteiger partial charge in [-0.1, -0.05) is 44.2 Å². The molecule has 2 aromatic carbocycles. The van der Waals surface area contributed by atoms with Crippen molar-refractivity contribution in [2.24, 2.45) is 5.92 Å². The van der Waals surface area contributed by atoms with Gasteiger partial charge in [0.25, 0.3) is 5.91 Å². The Morgan fingerprint density at radius 2 is 1.88 bits per heavy atom. The van der Waals surface area contributed by atoms with E-state index in [0.717, 1.165) is 30.8 Å². The number of pyridine rings is 1. The Hall–Kier alpha value is -3.75. The lowest BCUT2D eigenvalue weighted by Gasteiger charge is -2.36. The normalized spacial score (nSPS) is 20.4. The molecule has 0 bridgehead atoms. The van der Waals surface area contributed by atoms with Crippen LogP contribution >= 0.6 is 0 Å². The number of nitrogens with one attached hydrogen (secondary N) is 1. The van der Waals surface area contributed by atoms with E-state index < -0.39 is 0 Å². The van der Waals surface area contributed by atoms with Crippen molar-refractivity contribution in [3.8, 4) is 17.0 Å². The number of carbonyl (C=O) groups excluding carboxylic acids is 2. The summed E-state index contributed by atoms with van der Waals surface area (Å²) in [6, 6.07) is 19.8. The van der Waals surface area contributed by atoms with E-state index in [2.05, 4.69) is 53.3 Å². The first-order valence-corrected chi connectivity index (χ1v) is 14.4. The highest BCUT2D eigenvalue weighted by Gasteiger charge is 2.28. The Morgan fingerprint density at radius 1 is 1.10 bits per heavy atom. The highest BCUT2D eigenvalue weighted by molar-refractivity contribution is 5.99. The number of aromatic nitrogens is 1. The van der Waals surface area contributed by atoms with E-state index in [1.165, 1.54) is 5.56 Å². The fourth-order valence-corrected chi connectivity index (χ4v) is 5.15. The van der Waals surface area contributed by atoms with Crippen molar-refractivity contribution < 1.29 is 19.1 Å². The maximum absolute atomic E-state index is 13.6. The third-order valence-electron chi connectivity index (χ3n) is 7.63. The maximum Gasteiger partial charge on any atom is 0.257 e. The fourth-order valence-electron chi connectivity index (χ4n) is 5.15. The van der Waals surface area contributed by atoms with Crippen LogP contribution in [0.2, 0.25) is 0 Å². The van der Waals surface area contributed by atoms with Crippen LogP contribution in [-0.2, 0) is 16.1 Å². The molecule has 1 aromatic heterocycles. The summed E-state index contributed by atoms with van der Waals surface area (Å²) >= 11 is 0. The van der Waals surface area contributed by atoms with E-state index in [0.29, 0.717) is 36.6 Å². The van der Waals surface area contributed by atoms with Crippen molar-refractivity contribution >= 4 is 17.5 Å². The molecule has 3 aromatic rings. The van der Waals surface area contributed by atoms with Gasteiger partial charge in [-0.2, -0.15) is 0 Å². The van der Waals surface area contributed by atoms with Crippen LogP contribution in [0.4, 0.5) is 5.69 Å². The largest absolute Gasteiger partial charge is 0.491 e. The first-order valence-electron chi connectivity index (χ1n) is 14.4. The number of methoxy groups -OCH3 is 1. The van der Waals surface area contributed by atoms with Crippen molar-refractivity contribution in [2.45, 2.75) is 52.3 Å². The minimum Gasteiger partial charge on any atom is -0.491 e. The molecule has 0 unspecified atom stereocenters. The number of likely N-dealkylation sites (N-methyl/N-ethyl adjacent to an activating group) is 1. The smallest absolute Gasteiger partial charge is 0.257 e. The van der Waals surface area contributed by atoms with Crippen LogP contribution in [0.3, 0.4) is 0 Å². The van der Waals surface area contributed by atoms with Crippen LogP contribution in [0.15, 0.2) is 66.9 Å². The van der Waals surface area contributed by atoms with Crippen molar-refractivity contribution in [1.82, 2.24) is 14.8 Å². The standard InChI is InChI=1S/C33H42N4O4/c1-6-9-32(38)35-27-15-16-30-28(18-27)33(39)36(4)21-31(40-5)23(2)19-37(24(3)22-41-30)20-25-11-13-26(14-12-25)29-10-7-8-17-34-29/h7-8,10-18,23-24,31H,6,9,19-22H2,1-5H3,(H,35,38)/t23-,24-,31-/m1/s1. The highest BCUT2D eigenvalue weighted by Crippen LogP contribution is 2.27. The SMILES string of the molecule is CCCC(=O)Nc1ccc2c(c1)C(=O)N(C)C[C@@H](OC)[C@H](C)CN(Cc1ccc(-c3ccccn3)cc1)[C@H](C)CO2. The number of hydrogen-bond acceptors (Lipinski definition) is 6. The van der Waals surface area contributed by atoms with Crippen LogP contribution < -0.4 is 10.1 Å². The van der Waals surface area contributed by atoms with Crippen molar-refractivity contribution in [1.29, 1.82) is 0 Å². The van der Waals surface area contributed by atoms with Gasteiger partial charge in [-0.15, -0.1) is 0 Å². The summed E-state index contributed by atoms with van der Waals surface area (Å²) in [6.07, 6.45) is 2.83. The zero-order valence-electron chi connectivity index (χ0n) is 24.8. The number of amides is 2. The highest BCUT2D eigenvalue weighted by atomic mass is 16.5. The second-order valence-corrected chi connectivity index (χ2v) is 10.9. The van der Waals surface area contributed by atoms with E-state index in [1.54, 1.807) is 37.3 Å². The summed E-state index contributed by atoms with van der Waals surface area (Å²) in [5.74, 6) is 0.417. The molecule has 0 aliphatic carbocycles. The zero-order chi connectivity index (χ0) is 29.4. The molecule has 0 radical (unpaired) electrons. The summed E-state index contributed by atoms with van der Waals surface area (Å²) < 4.78 is 12.2. The molecule has 2 amide bonds. The number of carbonyl (C=O) groups is 2. The molecule has 0 saturated carbocycles. The van der Waals surface area contributed by atoms with Crippen molar-refractivity contribution in [3.63, 3.8) is 0 Å². The predicted molar refractivity (Wildman–Crippen MR) is 162 cm³/mol. The molecule has 0 fully saturated rings. The number of hydrogen-bond donors (Lipinski definition) is 1. The van der Waals surface area contributed by atoms with E-state index in [-0.39, 0.29) is 29.9 Å². The molecule has 1 aliphatic heterocycles. The lowest BCUT2D eigenvalue weighted by molar-refractivity contribution is -0.116. The number of ether oxygens (including phenoxy) is 2. The average molecular weight is 559 g/mol. The molecular weight excluding hydrogens is 516 g/mol. The molecule has 1 N–H and O–H groups in total. The Labute approximate surface area is 243 Å². The zero-order valence-corrected chi connectivity index (χ0v) is 24.8. The number of nitrogens with zero attached hydrogens (tertiary/aromatic N) is 3. The van der Waals surface area contributed by atoms with Gasteiger partial charge in [0.2, 0.25) is 5.91 Å². The second-order valence-electron chi connectivity index (χ2n) is 10.9. The van der Waals surface area contributed by atoms with Gasteiger partial charge in [-0.3, -0.25) is 19.5 Å². The number of anilines is 1. The third-order valence-corrected chi connectivity index (χ3v) is 7.63. The van der Waals surface area contributed by atoms with Crippen LogP contribution in [0, 0.1) is 5.92 Å². The Kier molecular flexibility index (Phi) is 10.5. The third kappa shape index (κ3) is 7.93. The summed E-state index contributed by atoms with van der Waals surface area (Å²) in [5, 5.41) is 2.90. The van der Waals surface area contributed by atoms with Gasteiger partial charge < -0.3 is 19.7 Å². The average Bonchev–Trinajstić information content (AvgIpc) is 2.98. The summed E-state index contributed by atoms with van der Waals surface area (Å²) in [6.45, 7) is 8.64. The summed E-state index contributed by atoms with van der Waals surface area (Å²) in [4.78, 5) is 34.3. The molecule has 0 saturated heterocycles. The minimum atomic E-state index is -0.168. The van der Waals surface area contributed by atoms with Crippen LogP contribution in [0.1, 0.15) is 49.5 Å². The Morgan fingerprint density at radius 3 is 2.56 bits per heavy atom. The van der Waals surface area contributed by atoms with Gasteiger partial charge in [0.1, 0.15) is 12.4 Å². The van der Waals surface area contributed by atoms with Crippen LogP contribution in [-0.4, -0.2) is 72.6 Å². The van der Waals surface area contributed by atoms with Gasteiger partial charge in [-0.25, -0.2) is 0 Å². The van der Waals surface area contributed by atoms with Gasteiger partial charge in [-0.05, 0) is 55.2 Å². The van der Waals surface area contributed by atoms with Crippen LogP contribution in [0.25, 0.3) is 11.3 Å². The molecule has 218 valence electrons. The van der Waals surface area contributed by atoms with E-state index >= 15 is 0 Å². The topological polar surface area (TPSA) is 84.0 Å². The number of fused-ring (bicyclic) bond motifs is 1. The molecule has 4 rings (SSSR count). The van der Waals surface area contributed by atoms with E-state index in [1.807, 2.05) is 31.3 Å². The number of benzene rings is 2. The first kappa shape index (κ1) is 30.2. The Bertz CT molecular complexity index is 1300. The first-order chi connectivity index (χ1) is 19.8. The van der Waals surface area contributed by atoms with Gasteiger partial charge in [0, 0.05) is 63.7 Å².